The summed E-state index contributed by atoms with van der Waals surface area (Å²) in [7, 11) is 1.82. The monoisotopic (exact) mass is 384 g/mol. The molecule has 0 bridgehead atoms. The summed E-state index contributed by atoms with van der Waals surface area (Å²) in [4.78, 5) is 14.1. The first-order valence-electron chi connectivity index (χ1n) is 9.79. The van der Waals surface area contributed by atoms with Gasteiger partial charge >= 0.3 is 0 Å². The molecule has 2 fully saturated rings. The van der Waals surface area contributed by atoms with Gasteiger partial charge in [0.1, 0.15) is 0 Å². The van der Waals surface area contributed by atoms with E-state index in [9.17, 15) is 10.1 Å². The molecule has 0 amide bonds. The van der Waals surface area contributed by atoms with Crippen molar-refractivity contribution in [1.82, 2.24) is 10.2 Å². The molecule has 2 aromatic rings. The molecule has 2 atom stereocenters. The van der Waals surface area contributed by atoms with E-state index >= 15 is 0 Å². The molecule has 1 aliphatic heterocycles. The van der Waals surface area contributed by atoms with Crippen LogP contribution in [0.25, 0.3) is 0 Å². The van der Waals surface area contributed by atoms with E-state index in [1.165, 1.54) is 0 Å². The van der Waals surface area contributed by atoms with E-state index in [0.29, 0.717) is 5.56 Å². The van der Waals surface area contributed by atoms with Gasteiger partial charge in [-0.1, -0.05) is 43.0 Å². The Bertz CT molecular complexity index is 1050. The van der Waals surface area contributed by atoms with Gasteiger partial charge in [0.15, 0.2) is 11.7 Å². The molecule has 1 aliphatic carbocycles. The van der Waals surface area contributed by atoms with Gasteiger partial charge in [0.2, 0.25) is 0 Å². The number of hydrogen-bond donors (Lipinski definition) is 2. The van der Waals surface area contributed by atoms with Crippen molar-refractivity contribution in [1.29, 1.82) is 10.7 Å². The van der Waals surface area contributed by atoms with Crippen molar-refractivity contribution in [2.75, 3.05) is 7.05 Å². The van der Waals surface area contributed by atoms with Crippen molar-refractivity contribution in [2.45, 2.75) is 31.2 Å². The van der Waals surface area contributed by atoms with Gasteiger partial charge in [-0.25, -0.2) is 0 Å². The third-order valence-electron chi connectivity index (χ3n) is 6.12. The highest BCUT2D eigenvalue weighted by Gasteiger charge is 2.45. The van der Waals surface area contributed by atoms with E-state index in [-0.39, 0.29) is 23.6 Å². The second-order valence-electron chi connectivity index (χ2n) is 8.11. The van der Waals surface area contributed by atoms with Crippen LogP contribution in [0.4, 0.5) is 0 Å². The first kappa shape index (κ1) is 18.9. The quantitative estimate of drug-likeness (QED) is 0.777. The zero-order valence-corrected chi connectivity index (χ0v) is 16.7. The van der Waals surface area contributed by atoms with Gasteiger partial charge in [-0.3, -0.25) is 10.2 Å². The fourth-order valence-electron chi connectivity index (χ4n) is 4.17. The van der Waals surface area contributed by atoms with Crippen LogP contribution in [0.15, 0.2) is 60.8 Å². The average molecular weight is 384 g/mol. The minimum atomic E-state index is -0.657. The summed E-state index contributed by atoms with van der Waals surface area (Å²) in [6.45, 7) is 6.31. The van der Waals surface area contributed by atoms with E-state index in [2.05, 4.69) is 18.0 Å². The number of nitriles is 1. The number of benzene rings is 2. The lowest BCUT2D eigenvalue weighted by atomic mass is 9.72. The number of nitrogens with zero attached hydrogens (tertiary/aromatic N) is 2. The number of guanidine groups is 1. The van der Waals surface area contributed by atoms with Gasteiger partial charge in [-0.2, -0.15) is 5.26 Å². The molecule has 1 heterocycles. The second-order valence-corrected chi connectivity index (χ2v) is 8.11. The Morgan fingerprint density at radius 3 is 2.59 bits per heavy atom. The third-order valence-corrected chi connectivity index (χ3v) is 6.12. The molecule has 1 saturated carbocycles. The molecule has 2 N–H and O–H groups in total. The Morgan fingerprint density at radius 2 is 1.97 bits per heavy atom. The fraction of sp³-hybridized carbons (Fsp3) is 0.292. The van der Waals surface area contributed by atoms with E-state index in [4.69, 9.17) is 5.41 Å². The first-order chi connectivity index (χ1) is 13.8. The van der Waals surface area contributed by atoms with Crippen LogP contribution >= 0.6 is 0 Å². The molecule has 146 valence electrons. The Balaban J connectivity index is 1.78. The van der Waals surface area contributed by atoms with Crippen LogP contribution in [0.5, 0.6) is 0 Å². The van der Waals surface area contributed by atoms with Crippen LogP contribution in [0.1, 0.15) is 52.7 Å². The predicted octanol–water partition coefficient (Wildman–Crippen LogP) is 4.13. The number of likely N-dealkylation sites (N-methyl/N-ethyl adjacent to an activating group) is 1. The van der Waals surface area contributed by atoms with Gasteiger partial charge in [-0.15, -0.1) is 0 Å². The summed E-state index contributed by atoms with van der Waals surface area (Å²) in [5.41, 5.74) is 3.39. The van der Waals surface area contributed by atoms with Crippen LogP contribution < -0.4 is 5.32 Å². The highest BCUT2D eigenvalue weighted by molar-refractivity contribution is 5.99. The molecule has 4 rings (SSSR count). The molecule has 29 heavy (non-hydrogen) atoms. The van der Waals surface area contributed by atoms with Crippen molar-refractivity contribution in [2.24, 2.45) is 5.92 Å². The first-order valence-corrected chi connectivity index (χ1v) is 9.79. The molecule has 0 aromatic heterocycles. The number of rotatable bonds is 4. The highest BCUT2D eigenvalue weighted by atomic mass is 16.1. The molecular weight excluding hydrogens is 360 g/mol. The maximum Gasteiger partial charge on any atom is 0.195 e. The van der Waals surface area contributed by atoms with Gasteiger partial charge in [0, 0.05) is 24.2 Å². The largest absolute Gasteiger partial charge is 0.346 e. The van der Waals surface area contributed by atoms with E-state index in [1.807, 2.05) is 56.4 Å². The van der Waals surface area contributed by atoms with E-state index in [0.717, 1.165) is 35.2 Å². The summed E-state index contributed by atoms with van der Waals surface area (Å²) in [6, 6.07) is 17.4. The van der Waals surface area contributed by atoms with Gasteiger partial charge in [-0.05, 0) is 43.0 Å². The van der Waals surface area contributed by atoms with Crippen molar-refractivity contribution in [3.05, 3.63) is 83.1 Å². The van der Waals surface area contributed by atoms with Gasteiger partial charge in [0.25, 0.3) is 0 Å². The number of ketones is 1. The maximum absolute atomic E-state index is 12.4. The van der Waals surface area contributed by atoms with Gasteiger partial charge in [0.05, 0.1) is 23.1 Å². The Kier molecular flexibility index (Phi) is 4.50. The minimum absolute atomic E-state index is 0.166. The number of carbonyl (C=O) groups is 1. The third kappa shape index (κ3) is 3.21. The van der Waals surface area contributed by atoms with Crippen molar-refractivity contribution < 1.29 is 4.79 Å². The Labute approximate surface area is 171 Å². The molecule has 5 nitrogen and oxygen atoms in total. The van der Waals surface area contributed by atoms with Crippen LogP contribution in [0.2, 0.25) is 0 Å². The summed E-state index contributed by atoms with van der Waals surface area (Å²) in [5.74, 6) is 0.510. The molecule has 0 radical (unpaired) electrons. The smallest absolute Gasteiger partial charge is 0.195 e. The topological polar surface area (TPSA) is 80.0 Å². The van der Waals surface area contributed by atoms with Crippen molar-refractivity contribution >= 4 is 11.7 Å². The molecular formula is C24H24N4O. The summed E-state index contributed by atoms with van der Waals surface area (Å²) in [6.07, 6.45) is 1.98. The number of hydrogen-bond acceptors (Lipinski definition) is 3. The van der Waals surface area contributed by atoms with Crippen molar-refractivity contribution in [3.8, 4) is 6.07 Å². The van der Waals surface area contributed by atoms with Crippen LogP contribution in [0, 0.1) is 22.7 Å². The second kappa shape index (κ2) is 6.89. The molecule has 0 unspecified atom stereocenters. The van der Waals surface area contributed by atoms with Crippen LogP contribution in [-0.4, -0.2) is 23.7 Å². The number of carbonyl (C=O) groups excluding carboxylic acids is 1. The summed E-state index contributed by atoms with van der Waals surface area (Å²) < 4.78 is 0. The summed E-state index contributed by atoms with van der Waals surface area (Å²) >= 11 is 0. The molecule has 0 spiro atoms. The normalized spacial score (nSPS) is 24.0. The highest BCUT2D eigenvalue weighted by Crippen LogP contribution is 2.45. The summed E-state index contributed by atoms with van der Waals surface area (Å²) in [5, 5.41) is 21.0. The number of nitrogens with one attached hydrogen (secondary N) is 2. The standard InChI is InChI=1S/C24H24N4O/c1-15-21(17-7-9-18(10-8-17)22(29)19-11-12-19)24(2,27-23(26)28(15)3)20-6-4-5-16(13-20)14-25/h4-10,13,19,21H,1,11-12H2,2-3H3,(H2,26,27)/t21-,24+/m0/s1. The predicted molar refractivity (Wildman–Crippen MR) is 113 cm³/mol. The van der Waals surface area contributed by atoms with Crippen LogP contribution in [0.3, 0.4) is 0 Å². The Hall–Kier alpha value is -3.39. The zero-order valence-electron chi connectivity index (χ0n) is 16.7. The van der Waals surface area contributed by atoms with Crippen LogP contribution in [-0.2, 0) is 5.54 Å². The van der Waals surface area contributed by atoms with E-state index < -0.39 is 5.54 Å². The minimum Gasteiger partial charge on any atom is -0.346 e. The van der Waals surface area contributed by atoms with E-state index in [1.54, 1.807) is 11.0 Å². The average Bonchev–Trinajstić information content (AvgIpc) is 3.57. The lowest BCUT2D eigenvalue weighted by Gasteiger charge is -2.48. The maximum atomic E-state index is 12.4. The van der Waals surface area contributed by atoms with Gasteiger partial charge < -0.3 is 10.2 Å². The molecule has 5 heteroatoms. The van der Waals surface area contributed by atoms with Crippen molar-refractivity contribution in [3.63, 3.8) is 0 Å². The molecule has 2 aliphatic rings. The lowest BCUT2D eigenvalue weighted by molar-refractivity contribution is 0.0967. The Morgan fingerprint density at radius 1 is 1.28 bits per heavy atom. The fourth-order valence-corrected chi connectivity index (χ4v) is 4.17. The number of Topliss-reactive ketones (excluding diaryl/α,β-unsaturated/α-hetero) is 1. The SMILES string of the molecule is C=C1[C@@H](c2ccc(C(=O)C3CC3)cc2)[C@@](C)(c2cccc(C#N)c2)NC(=N)N1C. The molecule has 2 aromatic carbocycles. The zero-order chi connectivity index (χ0) is 20.8. The molecule has 1 saturated heterocycles. The lowest BCUT2D eigenvalue weighted by Crippen LogP contribution is -2.58.